The molecule has 1 aromatic rings. The first-order valence-electron chi connectivity index (χ1n) is 21.5. The normalized spacial score (nSPS) is 14.3. The smallest absolute Gasteiger partial charge is 0.327 e. The van der Waals surface area contributed by atoms with E-state index in [-0.39, 0.29) is 68.0 Å². The van der Waals surface area contributed by atoms with Crippen LogP contribution in [-0.2, 0) is 49.6 Å². The third-order valence-corrected chi connectivity index (χ3v) is 11.0. The maximum absolute atomic E-state index is 13.6. The summed E-state index contributed by atoms with van der Waals surface area (Å²) >= 11 is 12.3. The molecule has 8 atom stereocenters. The molecule has 1 aromatic carbocycles. The number of nitrogens with zero attached hydrogens (tertiary/aromatic N) is 2. The summed E-state index contributed by atoms with van der Waals surface area (Å²) in [6.07, 6.45) is 1.15. The molecule has 0 aliphatic rings. The Morgan fingerprint density at radius 1 is 0.588 bits per heavy atom. The highest BCUT2D eigenvalue weighted by Crippen LogP contribution is 2.10. The van der Waals surface area contributed by atoms with Crippen LogP contribution < -0.4 is 71.2 Å². The molecule has 0 bridgehead atoms. The molecule has 0 aromatic heterocycles. The van der Waals surface area contributed by atoms with E-state index in [0.29, 0.717) is 18.4 Å². The van der Waals surface area contributed by atoms with E-state index >= 15 is 0 Å². The quantitative estimate of drug-likeness (QED) is 0.0139. The van der Waals surface area contributed by atoms with Gasteiger partial charge in [0.15, 0.2) is 11.9 Å². The molecule has 0 aliphatic heterocycles. The van der Waals surface area contributed by atoms with Crippen molar-refractivity contribution in [2.24, 2.45) is 44.6 Å². The number of carboxylic acids is 1. The molecule has 0 heterocycles. The van der Waals surface area contributed by atoms with E-state index in [1.807, 2.05) is 0 Å². The van der Waals surface area contributed by atoms with Gasteiger partial charge in [-0.25, -0.2) is 4.79 Å². The Balaban J connectivity index is 3.00. The number of guanidine groups is 2. The summed E-state index contributed by atoms with van der Waals surface area (Å²) in [6.45, 7) is 2.44. The lowest BCUT2D eigenvalue weighted by molar-refractivity contribution is -0.141. The molecule has 0 spiro atoms. The number of carbonyl (C=O) groups excluding carboxylic acids is 8. The molecule has 68 heavy (non-hydrogen) atoms. The van der Waals surface area contributed by atoms with Crippen molar-refractivity contribution >= 4 is 103 Å². The molecule has 0 saturated heterocycles. The van der Waals surface area contributed by atoms with Crippen LogP contribution in [0.1, 0.15) is 51.5 Å². The SMILES string of the molecule is CC[C@H](C)[C@H](NC(=O)[C@H](CS)NC(=O)[C@@H](N)CCCN=C(N)N)C(=O)N[C@@H](CS)C(=O)NCC(=O)N[C@@H](CCCN=C(N)N)C(=O)NCC(=O)N[C@@H](Cc1ccccc1)C(=O)N[C@@H](CS)C(=O)O. The van der Waals surface area contributed by atoms with E-state index in [2.05, 4.69) is 90.4 Å². The number of nitrogens with two attached hydrogens (primary N) is 5. The first-order chi connectivity index (χ1) is 32.2. The van der Waals surface area contributed by atoms with Gasteiger partial charge in [-0.1, -0.05) is 50.6 Å². The highest BCUT2D eigenvalue weighted by Gasteiger charge is 2.33. The summed E-state index contributed by atoms with van der Waals surface area (Å²) in [5, 5.41) is 29.1. The van der Waals surface area contributed by atoms with E-state index in [1.54, 1.807) is 44.2 Å². The van der Waals surface area contributed by atoms with Crippen molar-refractivity contribution in [1.29, 1.82) is 0 Å². The van der Waals surface area contributed by atoms with Crippen molar-refractivity contribution < 1.29 is 48.3 Å². The first-order valence-corrected chi connectivity index (χ1v) is 23.4. The molecule has 19 N–H and O–H groups in total. The second-order valence-corrected chi connectivity index (χ2v) is 16.4. The van der Waals surface area contributed by atoms with Crippen molar-refractivity contribution in [3.8, 4) is 0 Å². The Bertz CT molecular complexity index is 1910. The topological polar surface area (TPSA) is 425 Å². The molecule has 0 aliphatic carbocycles. The molecule has 8 amide bonds. The molecule has 28 heteroatoms. The van der Waals surface area contributed by atoms with Crippen LogP contribution in [0.2, 0.25) is 0 Å². The fourth-order valence-corrected chi connectivity index (χ4v) is 6.66. The second kappa shape index (κ2) is 32.7. The Labute approximate surface area is 410 Å². The van der Waals surface area contributed by atoms with Crippen molar-refractivity contribution in [1.82, 2.24) is 42.5 Å². The van der Waals surface area contributed by atoms with Gasteiger partial charge in [-0.2, -0.15) is 37.9 Å². The highest BCUT2D eigenvalue weighted by molar-refractivity contribution is 7.80. The summed E-state index contributed by atoms with van der Waals surface area (Å²) in [5.74, 6) is -8.98. The lowest BCUT2D eigenvalue weighted by Gasteiger charge is -2.28. The number of hydrogen-bond acceptors (Lipinski definition) is 15. The second-order valence-electron chi connectivity index (χ2n) is 15.3. The van der Waals surface area contributed by atoms with E-state index in [0.717, 1.165) is 0 Å². The zero-order valence-electron chi connectivity index (χ0n) is 37.9. The fourth-order valence-electron chi connectivity index (χ4n) is 5.90. The molecule has 0 radical (unpaired) electrons. The van der Waals surface area contributed by atoms with Crippen molar-refractivity contribution in [2.75, 3.05) is 43.4 Å². The largest absolute Gasteiger partial charge is 0.480 e. The van der Waals surface area contributed by atoms with Crippen LogP contribution in [0.15, 0.2) is 40.3 Å². The number of amides is 8. The third kappa shape index (κ3) is 23.6. The van der Waals surface area contributed by atoms with E-state index in [9.17, 15) is 48.3 Å². The van der Waals surface area contributed by atoms with Gasteiger partial charge in [-0.3, -0.25) is 48.3 Å². The van der Waals surface area contributed by atoms with Gasteiger partial charge >= 0.3 is 5.97 Å². The Morgan fingerprint density at radius 2 is 1.04 bits per heavy atom. The zero-order valence-corrected chi connectivity index (χ0v) is 40.6. The average molecular weight is 1010 g/mol. The Hall–Kier alpha value is -6.00. The number of rotatable bonds is 32. The summed E-state index contributed by atoms with van der Waals surface area (Å²) in [5.41, 5.74) is 28.0. The maximum atomic E-state index is 13.6. The molecule has 0 unspecified atom stereocenters. The molecule has 0 fully saturated rings. The minimum absolute atomic E-state index is 0.0212. The van der Waals surface area contributed by atoms with Gasteiger partial charge < -0.3 is 76.3 Å². The molecule has 380 valence electrons. The zero-order chi connectivity index (χ0) is 51.3. The number of nitrogens with one attached hydrogen (secondary N) is 8. The van der Waals surface area contributed by atoms with Crippen molar-refractivity contribution in [3.63, 3.8) is 0 Å². The number of aliphatic carboxylic acids is 1. The van der Waals surface area contributed by atoms with Crippen LogP contribution in [0.3, 0.4) is 0 Å². The number of carbonyl (C=O) groups is 9. The number of hydrogen-bond donors (Lipinski definition) is 17. The fraction of sp³-hybridized carbons (Fsp3) is 0.575. The van der Waals surface area contributed by atoms with Crippen LogP contribution >= 0.6 is 37.9 Å². The average Bonchev–Trinajstić information content (AvgIpc) is 3.30. The van der Waals surface area contributed by atoms with E-state index < -0.39 is 115 Å². The number of carboxylic acid groups (broad SMARTS) is 1. The predicted octanol–water partition coefficient (Wildman–Crippen LogP) is -5.28. The van der Waals surface area contributed by atoms with Crippen molar-refractivity contribution in [2.45, 2.75) is 94.7 Å². The third-order valence-electron chi connectivity index (χ3n) is 9.90. The molecular weight excluding hydrogens is 947 g/mol. The minimum atomic E-state index is -1.34. The minimum Gasteiger partial charge on any atom is -0.480 e. The molecule has 1 rings (SSSR count). The summed E-state index contributed by atoms with van der Waals surface area (Å²) in [7, 11) is 0. The van der Waals surface area contributed by atoms with Crippen LogP contribution in [0.5, 0.6) is 0 Å². The first kappa shape index (κ1) is 60.0. The molecular formula is C40H67N15O10S3. The summed E-state index contributed by atoms with van der Waals surface area (Å²) < 4.78 is 0. The van der Waals surface area contributed by atoms with Crippen LogP contribution in [0.25, 0.3) is 0 Å². The van der Waals surface area contributed by atoms with Gasteiger partial charge in [0.1, 0.15) is 36.3 Å². The van der Waals surface area contributed by atoms with Gasteiger partial charge in [-0.05, 0) is 37.2 Å². The van der Waals surface area contributed by atoms with Crippen LogP contribution in [-0.4, -0.2) is 156 Å². The van der Waals surface area contributed by atoms with E-state index in [4.69, 9.17) is 28.7 Å². The summed E-state index contributed by atoms with van der Waals surface area (Å²) in [6, 6.07) is 0.0360. The maximum Gasteiger partial charge on any atom is 0.327 e. The van der Waals surface area contributed by atoms with Gasteiger partial charge in [-0.15, -0.1) is 0 Å². The predicted molar refractivity (Wildman–Crippen MR) is 264 cm³/mol. The van der Waals surface area contributed by atoms with Gasteiger partial charge in [0, 0.05) is 36.8 Å². The summed E-state index contributed by atoms with van der Waals surface area (Å²) in [4.78, 5) is 125. The number of thiol groups is 3. The Morgan fingerprint density at radius 3 is 1.54 bits per heavy atom. The number of aliphatic imine (C=N–C) groups is 2. The van der Waals surface area contributed by atoms with Gasteiger partial charge in [0.05, 0.1) is 19.1 Å². The van der Waals surface area contributed by atoms with Crippen LogP contribution in [0, 0.1) is 5.92 Å². The standard InChI is InChI=1S/C40H67N15O10S3/c1-3-21(2)31(55-36(62)27(19-67)52-32(58)23(41)11-7-13-46-39(42)43)37(63)53-26(18-66)34(60)49-16-29(56)50-24(12-8-14-47-40(44)45)33(59)48-17-30(57)51-25(15-22-9-5-4-6-10-22)35(61)54-28(20-68)38(64)65/h4-6,9-10,21,23-28,31,66-68H,3,7-8,11-20,41H2,1-2H3,(H,48,59)(H,49,60)(H,50,56)(H,51,57)(H,52,58)(H,53,63)(H,54,61)(H,55,62)(H,64,65)(H4,42,43,46)(H4,44,45,47)/t21-,23-,24-,25-,26-,27-,28-,31-/m0/s1. The van der Waals surface area contributed by atoms with Crippen LogP contribution in [0.4, 0.5) is 0 Å². The Kier molecular flexibility index (Phi) is 28.8. The monoisotopic (exact) mass is 1010 g/mol. The molecule has 25 nitrogen and oxygen atoms in total. The van der Waals surface area contributed by atoms with Crippen molar-refractivity contribution in [3.05, 3.63) is 35.9 Å². The van der Waals surface area contributed by atoms with E-state index in [1.165, 1.54) is 0 Å². The van der Waals surface area contributed by atoms with Gasteiger partial charge in [0.2, 0.25) is 47.3 Å². The number of benzene rings is 1. The lowest BCUT2D eigenvalue weighted by atomic mass is 9.97. The molecule has 0 saturated carbocycles. The highest BCUT2D eigenvalue weighted by atomic mass is 32.1. The van der Waals surface area contributed by atoms with Gasteiger partial charge in [0.25, 0.3) is 0 Å². The lowest BCUT2D eigenvalue weighted by Crippen LogP contribution is -2.60.